The largest absolute Gasteiger partial charge is 0.427 e. The zero-order valence-corrected chi connectivity index (χ0v) is 10.2. The van der Waals surface area contributed by atoms with Gasteiger partial charge in [-0.15, -0.1) is 0 Å². The van der Waals surface area contributed by atoms with E-state index in [1.807, 2.05) is 6.92 Å². The lowest BCUT2D eigenvalue weighted by molar-refractivity contribution is -0.134. The Morgan fingerprint density at radius 3 is 2.83 bits per heavy atom. The molecule has 2 heterocycles. The molecule has 1 N–H and O–H groups in total. The number of anilines is 1. The van der Waals surface area contributed by atoms with Crippen molar-refractivity contribution in [3.63, 3.8) is 0 Å². The molecule has 0 saturated heterocycles. The summed E-state index contributed by atoms with van der Waals surface area (Å²) in [7, 11) is 0. The molecule has 0 spiro atoms. The molecule has 5 nitrogen and oxygen atoms in total. The van der Waals surface area contributed by atoms with E-state index in [2.05, 4.69) is 20.4 Å². The maximum Gasteiger partial charge on any atom is 0.427 e. The number of aromatic nitrogens is 4. The minimum Gasteiger partial charge on any atom is -0.357 e. The summed E-state index contributed by atoms with van der Waals surface area (Å²) in [4.78, 5) is 6.76. The van der Waals surface area contributed by atoms with Crippen LogP contribution in [0.2, 0.25) is 0 Å². The highest BCUT2D eigenvalue weighted by molar-refractivity contribution is 7.15. The van der Waals surface area contributed by atoms with E-state index in [1.165, 1.54) is 6.33 Å². The topological polar surface area (TPSA) is 55.6 Å². The number of nitrogens with one attached hydrogen (secondary N) is 1. The number of alkyl halides is 3. The van der Waals surface area contributed by atoms with Gasteiger partial charge in [-0.2, -0.15) is 18.3 Å². The molecule has 0 aliphatic heterocycles. The fourth-order valence-corrected chi connectivity index (χ4v) is 2.13. The van der Waals surface area contributed by atoms with Crippen LogP contribution < -0.4 is 5.32 Å². The number of hydrogen-bond donors (Lipinski definition) is 1. The van der Waals surface area contributed by atoms with Crippen molar-refractivity contribution in [1.82, 2.24) is 19.7 Å². The lowest BCUT2D eigenvalue weighted by Crippen LogP contribution is -2.22. The number of hydrogen-bond acceptors (Lipinski definition) is 5. The van der Waals surface area contributed by atoms with Gasteiger partial charge in [-0.3, -0.25) is 4.68 Å². The monoisotopic (exact) mass is 277 g/mol. The molecular formula is C9H10F3N5S. The van der Waals surface area contributed by atoms with E-state index in [0.29, 0.717) is 17.9 Å². The second kappa shape index (κ2) is 4.92. The zero-order chi connectivity index (χ0) is 13.2. The first-order valence-corrected chi connectivity index (χ1v) is 5.89. The van der Waals surface area contributed by atoms with Crippen molar-refractivity contribution >= 4 is 16.5 Å². The van der Waals surface area contributed by atoms with Crippen molar-refractivity contribution in [3.05, 3.63) is 23.7 Å². The Morgan fingerprint density at radius 1 is 1.50 bits per heavy atom. The molecule has 1 atom stereocenters. The summed E-state index contributed by atoms with van der Waals surface area (Å²) in [5.74, 6) is 0. The number of rotatable bonds is 4. The zero-order valence-electron chi connectivity index (χ0n) is 9.35. The highest BCUT2D eigenvalue weighted by Crippen LogP contribution is 2.35. The first-order chi connectivity index (χ1) is 8.45. The summed E-state index contributed by atoms with van der Waals surface area (Å²) in [6.07, 6.45) is -0.568. The van der Waals surface area contributed by atoms with Gasteiger partial charge < -0.3 is 5.32 Å². The summed E-state index contributed by atoms with van der Waals surface area (Å²) in [5.41, 5.74) is 0. The number of halogens is 3. The molecule has 18 heavy (non-hydrogen) atoms. The molecule has 1 unspecified atom stereocenters. The van der Waals surface area contributed by atoms with E-state index in [9.17, 15) is 13.2 Å². The van der Waals surface area contributed by atoms with Crippen LogP contribution in [-0.4, -0.2) is 25.8 Å². The van der Waals surface area contributed by atoms with E-state index in [-0.39, 0.29) is 11.2 Å². The van der Waals surface area contributed by atoms with Crippen molar-refractivity contribution < 1.29 is 13.2 Å². The van der Waals surface area contributed by atoms with Gasteiger partial charge in [0.2, 0.25) is 0 Å². The molecule has 2 aromatic rings. The van der Waals surface area contributed by atoms with Crippen molar-refractivity contribution in [2.24, 2.45) is 0 Å². The first kappa shape index (κ1) is 12.8. The Balaban J connectivity index is 1.95. The third kappa shape index (κ3) is 3.19. The summed E-state index contributed by atoms with van der Waals surface area (Å²) in [6, 6.07) is -0.0982. The van der Waals surface area contributed by atoms with Gasteiger partial charge in [0.1, 0.15) is 17.5 Å². The van der Waals surface area contributed by atoms with Gasteiger partial charge in [-0.1, -0.05) is 11.3 Å². The quantitative estimate of drug-likeness (QED) is 0.931. The van der Waals surface area contributed by atoms with E-state index in [0.717, 1.165) is 6.20 Å². The maximum atomic E-state index is 12.4. The van der Waals surface area contributed by atoms with Crippen molar-refractivity contribution in [1.29, 1.82) is 0 Å². The molecular weight excluding hydrogens is 267 g/mol. The van der Waals surface area contributed by atoms with Crippen LogP contribution in [0.5, 0.6) is 0 Å². The summed E-state index contributed by atoms with van der Waals surface area (Å²) >= 11 is 0.588. The van der Waals surface area contributed by atoms with Crippen molar-refractivity contribution in [2.45, 2.75) is 25.7 Å². The molecule has 2 aromatic heterocycles. The SMILES string of the molecule is CC(Cn1cncn1)Nc1ncc(C(F)(F)F)s1. The van der Waals surface area contributed by atoms with Crippen LogP contribution in [0.15, 0.2) is 18.9 Å². The fraction of sp³-hybridized carbons (Fsp3) is 0.444. The second-order valence-electron chi connectivity index (χ2n) is 3.69. The summed E-state index contributed by atoms with van der Waals surface area (Å²) in [5, 5.41) is 7.05. The molecule has 0 aromatic carbocycles. The molecule has 0 aliphatic rings. The lowest BCUT2D eigenvalue weighted by atomic mass is 10.3. The molecule has 0 amide bonds. The minimum atomic E-state index is -4.34. The maximum absolute atomic E-state index is 12.4. The van der Waals surface area contributed by atoms with Gasteiger partial charge in [-0.05, 0) is 6.92 Å². The minimum absolute atomic E-state index is 0.0982. The summed E-state index contributed by atoms with van der Waals surface area (Å²) < 4.78 is 38.7. The Hall–Kier alpha value is -1.64. The van der Waals surface area contributed by atoms with E-state index in [4.69, 9.17) is 0 Å². The molecule has 98 valence electrons. The lowest BCUT2D eigenvalue weighted by Gasteiger charge is -2.12. The third-order valence-electron chi connectivity index (χ3n) is 2.08. The molecule has 0 bridgehead atoms. The van der Waals surface area contributed by atoms with Crippen molar-refractivity contribution in [2.75, 3.05) is 5.32 Å². The van der Waals surface area contributed by atoms with Gasteiger partial charge in [0.05, 0.1) is 12.7 Å². The average Bonchev–Trinajstić information content (AvgIpc) is 2.87. The molecule has 9 heteroatoms. The van der Waals surface area contributed by atoms with Gasteiger partial charge in [0.15, 0.2) is 5.13 Å². The summed E-state index contributed by atoms with van der Waals surface area (Å²) in [6.45, 7) is 2.33. The van der Waals surface area contributed by atoms with Gasteiger partial charge in [0, 0.05) is 6.04 Å². The third-order valence-corrected chi connectivity index (χ3v) is 3.06. The Kier molecular flexibility index (Phi) is 3.50. The molecule has 0 aliphatic carbocycles. The van der Waals surface area contributed by atoms with Crippen LogP contribution in [0.4, 0.5) is 18.3 Å². The molecule has 2 rings (SSSR count). The number of thiazole rings is 1. The standard InChI is InChI=1S/C9H10F3N5S/c1-6(3-17-5-13-4-15-17)16-8-14-2-7(18-8)9(10,11)12/h2,4-6H,3H2,1H3,(H,14,16). The van der Waals surface area contributed by atoms with Crippen LogP contribution in [-0.2, 0) is 12.7 Å². The van der Waals surface area contributed by atoms with E-state index in [1.54, 1.807) is 11.0 Å². The van der Waals surface area contributed by atoms with Gasteiger partial charge >= 0.3 is 6.18 Å². The van der Waals surface area contributed by atoms with Crippen molar-refractivity contribution in [3.8, 4) is 0 Å². The predicted octanol–water partition coefficient (Wildman–Crippen LogP) is 2.25. The van der Waals surface area contributed by atoms with E-state index >= 15 is 0 Å². The van der Waals surface area contributed by atoms with Gasteiger partial charge in [0.25, 0.3) is 0 Å². The van der Waals surface area contributed by atoms with Crippen LogP contribution in [0.3, 0.4) is 0 Å². The molecule has 0 radical (unpaired) electrons. The van der Waals surface area contributed by atoms with Crippen LogP contribution >= 0.6 is 11.3 Å². The van der Waals surface area contributed by atoms with Crippen LogP contribution in [0.25, 0.3) is 0 Å². The first-order valence-electron chi connectivity index (χ1n) is 5.07. The Morgan fingerprint density at radius 2 is 2.28 bits per heavy atom. The van der Waals surface area contributed by atoms with E-state index < -0.39 is 11.1 Å². The average molecular weight is 277 g/mol. The number of nitrogens with zero attached hydrogens (tertiary/aromatic N) is 4. The van der Waals surface area contributed by atoms with Crippen LogP contribution in [0.1, 0.15) is 11.8 Å². The highest BCUT2D eigenvalue weighted by atomic mass is 32.1. The normalized spacial score (nSPS) is 13.6. The highest BCUT2D eigenvalue weighted by Gasteiger charge is 2.33. The predicted molar refractivity (Wildman–Crippen MR) is 60.2 cm³/mol. The van der Waals surface area contributed by atoms with Crippen LogP contribution in [0, 0.1) is 0 Å². The smallest absolute Gasteiger partial charge is 0.357 e. The Bertz CT molecular complexity index is 493. The van der Waals surface area contributed by atoms with Gasteiger partial charge in [-0.25, -0.2) is 9.97 Å². The second-order valence-corrected chi connectivity index (χ2v) is 4.72. The fourth-order valence-electron chi connectivity index (χ4n) is 1.34. The molecule has 0 fully saturated rings. The molecule has 0 saturated carbocycles. The Labute approximate surface area is 105 Å².